The van der Waals surface area contributed by atoms with Crippen molar-refractivity contribution in [2.45, 2.75) is 6.04 Å². The van der Waals surface area contributed by atoms with Crippen LogP contribution in [0.1, 0.15) is 21.3 Å². The molecule has 0 radical (unpaired) electrons. The van der Waals surface area contributed by atoms with E-state index in [0.29, 0.717) is 0 Å². The van der Waals surface area contributed by atoms with Gasteiger partial charge in [-0.15, -0.1) is 11.3 Å². The summed E-state index contributed by atoms with van der Waals surface area (Å²) < 4.78 is 0. The number of non-ortho nitro benzene ring substituents is 2. The fraction of sp³-hybridized carbons (Fsp3) is 0.267. The fourth-order valence-corrected chi connectivity index (χ4v) is 3.17. The van der Waals surface area contributed by atoms with Crippen LogP contribution in [0.2, 0.25) is 0 Å². The highest BCUT2D eigenvalue weighted by Gasteiger charge is 2.21. The van der Waals surface area contributed by atoms with E-state index in [9.17, 15) is 25.0 Å². The Balaban J connectivity index is 2.20. The number of nitro benzene ring substituents is 2. The molecule has 1 aromatic heterocycles. The molecule has 0 aliphatic carbocycles. The molecule has 1 amide bonds. The van der Waals surface area contributed by atoms with Crippen molar-refractivity contribution in [3.8, 4) is 0 Å². The first-order chi connectivity index (χ1) is 11.8. The van der Waals surface area contributed by atoms with Crippen LogP contribution in [-0.4, -0.2) is 41.3 Å². The monoisotopic (exact) mass is 364 g/mol. The van der Waals surface area contributed by atoms with E-state index in [1.165, 1.54) is 0 Å². The van der Waals surface area contributed by atoms with Crippen LogP contribution in [0, 0.1) is 20.2 Å². The molecule has 0 spiro atoms. The van der Waals surface area contributed by atoms with Gasteiger partial charge in [0.15, 0.2) is 0 Å². The summed E-state index contributed by atoms with van der Waals surface area (Å²) in [4.78, 5) is 35.6. The van der Waals surface area contributed by atoms with Crippen molar-refractivity contribution >= 4 is 28.6 Å². The largest absolute Gasteiger partial charge is 0.350 e. The van der Waals surface area contributed by atoms with Gasteiger partial charge in [0.05, 0.1) is 27.5 Å². The van der Waals surface area contributed by atoms with E-state index in [2.05, 4.69) is 5.32 Å². The third-order valence-corrected chi connectivity index (χ3v) is 4.51. The standard InChI is InChI=1S/C15H16N4O5S/c1-17(2)13(14-4-3-5-25-14)9-16-15(20)10-6-11(18(21)22)8-12(7-10)19(23)24/h3-8,13H,9H2,1-2H3,(H,16,20). The zero-order chi connectivity index (χ0) is 18.6. The van der Waals surface area contributed by atoms with Crippen LogP contribution in [0.3, 0.4) is 0 Å². The molecule has 1 aromatic carbocycles. The molecule has 0 fully saturated rings. The Labute approximate surface area is 147 Å². The van der Waals surface area contributed by atoms with Crippen molar-refractivity contribution in [2.24, 2.45) is 0 Å². The van der Waals surface area contributed by atoms with Gasteiger partial charge < -0.3 is 10.2 Å². The topological polar surface area (TPSA) is 119 Å². The minimum absolute atomic E-state index is 0.0716. The Kier molecular flexibility index (Phi) is 5.78. The molecule has 0 saturated carbocycles. The number of likely N-dealkylation sites (N-methyl/N-ethyl adjacent to an activating group) is 1. The molecular weight excluding hydrogens is 348 g/mol. The number of amides is 1. The highest BCUT2D eigenvalue weighted by Crippen LogP contribution is 2.24. The number of carbonyl (C=O) groups excluding carboxylic acids is 1. The Morgan fingerprint density at radius 3 is 2.24 bits per heavy atom. The lowest BCUT2D eigenvalue weighted by atomic mass is 10.1. The maximum absolute atomic E-state index is 12.3. The Morgan fingerprint density at radius 1 is 1.20 bits per heavy atom. The molecule has 0 bridgehead atoms. The number of hydrogen-bond acceptors (Lipinski definition) is 7. The summed E-state index contributed by atoms with van der Waals surface area (Å²) in [7, 11) is 3.74. The summed E-state index contributed by atoms with van der Waals surface area (Å²) in [6.07, 6.45) is 0. The average molecular weight is 364 g/mol. The highest BCUT2D eigenvalue weighted by molar-refractivity contribution is 7.10. The normalized spacial score (nSPS) is 12.0. The van der Waals surface area contributed by atoms with Crippen LogP contribution in [-0.2, 0) is 0 Å². The summed E-state index contributed by atoms with van der Waals surface area (Å²) in [5, 5.41) is 26.4. The molecule has 1 atom stereocenters. The van der Waals surface area contributed by atoms with Crippen molar-refractivity contribution < 1.29 is 14.6 Å². The van der Waals surface area contributed by atoms with Crippen molar-refractivity contribution in [3.63, 3.8) is 0 Å². The number of rotatable bonds is 7. The second-order valence-corrected chi connectivity index (χ2v) is 6.44. The highest BCUT2D eigenvalue weighted by atomic mass is 32.1. The quantitative estimate of drug-likeness (QED) is 0.596. The second kappa shape index (κ2) is 7.81. The molecule has 2 aromatic rings. The summed E-state index contributed by atoms with van der Waals surface area (Å²) in [5.41, 5.74) is -1.12. The van der Waals surface area contributed by atoms with Gasteiger partial charge in [0.25, 0.3) is 17.3 Å². The van der Waals surface area contributed by atoms with Crippen LogP contribution in [0.5, 0.6) is 0 Å². The number of nitrogens with one attached hydrogen (secondary N) is 1. The third kappa shape index (κ3) is 4.58. The number of nitro groups is 2. The van der Waals surface area contributed by atoms with Crippen LogP contribution in [0.25, 0.3) is 0 Å². The Hall–Kier alpha value is -2.85. The summed E-state index contributed by atoms with van der Waals surface area (Å²) in [6, 6.07) is 6.65. The summed E-state index contributed by atoms with van der Waals surface area (Å²) >= 11 is 1.55. The van der Waals surface area contributed by atoms with Crippen LogP contribution >= 0.6 is 11.3 Å². The van der Waals surface area contributed by atoms with Crippen molar-refractivity contribution in [1.29, 1.82) is 0 Å². The predicted octanol–water partition coefficient (Wildman–Crippen LogP) is 2.60. The van der Waals surface area contributed by atoms with Crippen molar-refractivity contribution in [1.82, 2.24) is 10.2 Å². The van der Waals surface area contributed by atoms with E-state index in [1.54, 1.807) is 11.3 Å². The first kappa shape index (κ1) is 18.5. The number of hydrogen-bond donors (Lipinski definition) is 1. The zero-order valence-electron chi connectivity index (χ0n) is 13.5. The lowest BCUT2D eigenvalue weighted by Gasteiger charge is -2.23. The van der Waals surface area contributed by atoms with Crippen molar-refractivity contribution in [3.05, 3.63) is 66.4 Å². The van der Waals surface area contributed by atoms with Gasteiger partial charge in [0, 0.05) is 23.6 Å². The molecular formula is C15H16N4O5S. The molecule has 9 nitrogen and oxygen atoms in total. The van der Waals surface area contributed by atoms with Crippen LogP contribution < -0.4 is 5.32 Å². The Bertz CT molecular complexity index is 759. The van der Waals surface area contributed by atoms with E-state index in [0.717, 1.165) is 23.1 Å². The van der Waals surface area contributed by atoms with E-state index >= 15 is 0 Å². The van der Waals surface area contributed by atoms with E-state index < -0.39 is 27.1 Å². The maximum Gasteiger partial charge on any atom is 0.277 e. The van der Waals surface area contributed by atoms with E-state index in [4.69, 9.17) is 0 Å². The molecule has 10 heteroatoms. The number of thiophene rings is 1. The van der Waals surface area contributed by atoms with Gasteiger partial charge in [0.1, 0.15) is 0 Å². The van der Waals surface area contributed by atoms with Gasteiger partial charge in [-0.3, -0.25) is 25.0 Å². The molecule has 1 heterocycles. The van der Waals surface area contributed by atoms with Gasteiger partial charge in [-0.25, -0.2) is 0 Å². The molecule has 0 aliphatic heterocycles. The maximum atomic E-state index is 12.3. The minimum atomic E-state index is -0.766. The van der Waals surface area contributed by atoms with Gasteiger partial charge >= 0.3 is 0 Å². The van der Waals surface area contributed by atoms with Gasteiger partial charge in [-0.1, -0.05) is 6.07 Å². The minimum Gasteiger partial charge on any atom is -0.350 e. The summed E-state index contributed by atoms with van der Waals surface area (Å²) in [6.45, 7) is 0.267. The molecule has 25 heavy (non-hydrogen) atoms. The Morgan fingerprint density at radius 2 is 1.80 bits per heavy atom. The first-order valence-corrected chi connectivity index (χ1v) is 8.09. The lowest BCUT2D eigenvalue weighted by molar-refractivity contribution is -0.394. The average Bonchev–Trinajstić information content (AvgIpc) is 3.08. The number of nitrogens with zero attached hydrogens (tertiary/aromatic N) is 3. The second-order valence-electron chi connectivity index (χ2n) is 5.46. The predicted molar refractivity (Wildman–Crippen MR) is 92.8 cm³/mol. The van der Waals surface area contributed by atoms with Crippen molar-refractivity contribution in [2.75, 3.05) is 20.6 Å². The number of benzene rings is 1. The molecule has 132 valence electrons. The van der Waals surface area contributed by atoms with Crippen LogP contribution in [0.15, 0.2) is 35.7 Å². The SMILES string of the molecule is CN(C)C(CNC(=O)c1cc([N+](=O)[O-])cc([N+](=O)[O-])c1)c1cccs1. The lowest BCUT2D eigenvalue weighted by Crippen LogP contribution is -2.34. The molecule has 1 N–H and O–H groups in total. The van der Waals surface area contributed by atoms with Gasteiger partial charge in [-0.05, 0) is 25.5 Å². The zero-order valence-corrected chi connectivity index (χ0v) is 14.4. The van der Waals surface area contributed by atoms with Crippen LogP contribution in [0.4, 0.5) is 11.4 Å². The van der Waals surface area contributed by atoms with E-state index in [1.807, 2.05) is 36.5 Å². The molecule has 2 rings (SSSR count). The summed E-state index contributed by atoms with van der Waals surface area (Å²) in [5.74, 6) is -0.602. The fourth-order valence-electron chi connectivity index (χ4n) is 2.25. The molecule has 1 unspecified atom stereocenters. The van der Waals surface area contributed by atoms with Gasteiger partial charge in [0.2, 0.25) is 0 Å². The number of carbonyl (C=O) groups is 1. The molecule has 0 saturated heterocycles. The van der Waals surface area contributed by atoms with E-state index in [-0.39, 0.29) is 18.2 Å². The smallest absolute Gasteiger partial charge is 0.277 e. The molecule has 0 aliphatic rings. The van der Waals surface area contributed by atoms with Gasteiger partial charge in [-0.2, -0.15) is 0 Å². The third-order valence-electron chi connectivity index (χ3n) is 3.54. The first-order valence-electron chi connectivity index (χ1n) is 7.21.